The van der Waals surface area contributed by atoms with Crippen molar-refractivity contribution in [2.24, 2.45) is 0 Å². The SMILES string of the molecule is CCCCCCCCCCC(=O)Nc1cccc(NC(=O)CCCCCCCCCC)n1. The summed E-state index contributed by atoms with van der Waals surface area (Å²) < 4.78 is 0. The smallest absolute Gasteiger partial charge is 0.225 e. The van der Waals surface area contributed by atoms with Crippen LogP contribution in [-0.4, -0.2) is 16.8 Å². The molecule has 5 nitrogen and oxygen atoms in total. The van der Waals surface area contributed by atoms with E-state index in [0.29, 0.717) is 24.5 Å². The van der Waals surface area contributed by atoms with Gasteiger partial charge >= 0.3 is 0 Å². The molecule has 0 bridgehead atoms. The van der Waals surface area contributed by atoms with E-state index in [4.69, 9.17) is 0 Å². The van der Waals surface area contributed by atoms with Crippen molar-refractivity contribution < 1.29 is 9.59 Å². The molecule has 0 atom stereocenters. The standard InChI is InChI=1S/C27H47N3O2/c1-3-5-7-9-11-13-15-17-22-26(31)29-24-20-19-21-25(28-24)30-27(32)23-18-16-14-12-10-8-6-4-2/h19-21H,3-18,22-23H2,1-2H3,(H2,28,29,30,31,32). The number of carbonyl (C=O) groups is 2. The number of hydrogen-bond acceptors (Lipinski definition) is 3. The van der Waals surface area contributed by atoms with Gasteiger partial charge in [0.25, 0.3) is 0 Å². The molecule has 0 aliphatic carbocycles. The molecule has 32 heavy (non-hydrogen) atoms. The largest absolute Gasteiger partial charge is 0.311 e. The summed E-state index contributed by atoms with van der Waals surface area (Å²) in [5.74, 6) is 0.982. The van der Waals surface area contributed by atoms with Gasteiger partial charge in [-0.2, -0.15) is 0 Å². The Hall–Kier alpha value is -1.91. The molecule has 1 aromatic rings. The maximum absolute atomic E-state index is 12.2. The average molecular weight is 446 g/mol. The zero-order valence-corrected chi connectivity index (χ0v) is 20.7. The van der Waals surface area contributed by atoms with Gasteiger partial charge in [-0.05, 0) is 25.0 Å². The fraction of sp³-hybridized carbons (Fsp3) is 0.741. The van der Waals surface area contributed by atoms with Gasteiger partial charge in [0.2, 0.25) is 11.8 Å². The number of anilines is 2. The number of nitrogens with one attached hydrogen (secondary N) is 2. The Morgan fingerprint density at radius 2 is 0.938 bits per heavy atom. The summed E-state index contributed by atoms with van der Waals surface area (Å²) in [7, 11) is 0. The number of amides is 2. The van der Waals surface area contributed by atoms with Gasteiger partial charge in [-0.1, -0.05) is 110 Å². The van der Waals surface area contributed by atoms with Gasteiger partial charge in [0.15, 0.2) is 0 Å². The molecule has 1 aromatic heterocycles. The molecule has 0 radical (unpaired) electrons. The second kappa shape index (κ2) is 19.8. The predicted octanol–water partition coefficient (Wildman–Crippen LogP) is 8.02. The third-order valence-corrected chi connectivity index (χ3v) is 5.80. The Morgan fingerprint density at radius 3 is 1.31 bits per heavy atom. The lowest BCUT2D eigenvalue weighted by atomic mass is 10.1. The van der Waals surface area contributed by atoms with Crippen LogP contribution in [-0.2, 0) is 9.59 Å². The molecule has 0 aliphatic rings. The van der Waals surface area contributed by atoms with E-state index in [9.17, 15) is 9.59 Å². The molecular formula is C27H47N3O2. The first-order valence-corrected chi connectivity index (χ1v) is 13.2. The molecule has 1 rings (SSSR count). The van der Waals surface area contributed by atoms with E-state index in [-0.39, 0.29) is 11.8 Å². The van der Waals surface area contributed by atoms with Crippen LogP contribution in [0.2, 0.25) is 0 Å². The normalized spacial score (nSPS) is 10.8. The van der Waals surface area contributed by atoms with Gasteiger partial charge in [-0.15, -0.1) is 0 Å². The van der Waals surface area contributed by atoms with E-state index < -0.39 is 0 Å². The van der Waals surface area contributed by atoms with Crippen LogP contribution < -0.4 is 10.6 Å². The van der Waals surface area contributed by atoms with E-state index in [1.165, 1.54) is 77.0 Å². The van der Waals surface area contributed by atoms with E-state index >= 15 is 0 Å². The monoisotopic (exact) mass is 445 g/mol. The minimum atomic E-state index is -0.00843. The number of aromatic nitrogens is 1. The zero-order valence-electron chi connectivity index (χ0n) is 20.7. The van der Waals surface area contributed by atoms with Gasteiger partial charge in [-0.25, -0.2) is 4.98 Å². The van der Waals surface area contributed by atoms with E-state index in [1.807, 2.05) is 6.07 Å². The van der Waals surface area contributed by atoms with Crippen LogP contribution in [0, 0.1) is 0 Å². The molecule has 5 heteroatoms. The highest BCUT2D eigenvalue weighted by Crippen LogP contribution is 2.14. The van der Waals surface area contributed by atoms with Crippen molar-refractivity contribution in [1.82, 2.24) is 4.98 Å². The summed E-state index contributed by atoms with van der Waals surface area (Å²) in [6.07, 6.45) is 20.5. The molecule has 0 saturated heterocycles. The first kappa shape index (κ1) is 28.1. The summed E-state index contributed by atoms with van der Waals surface area (Å²) in [5, 5.41) is 5.71. The van der Waals surface area contributed by atoms with Crippen LogP contribution in [0.4, 0.5) is 11.6 Å². The van der Waals surface area contributed by atoms with E-state index in [0.717, 1.165) is 25.7 Å². The summed E-state index contributed by atoms with van der Waals surface area (Å²) in [6.45, 7) is 4.46. The third-order valence-electron chi connectivity index (χ3n) is 5.80. The molecule has 1 heterocycles. The number of nitrogens with zero attached hydrogens (tertiary/aromatic N) is 1. The molecule has 2 amide bonds. The second-order valence-electron chi connectivity index (χ2n) is 8.95. The minimum absolute atomic E-state index is 0.00843. The van der Waals surface area contributed by atoms with Crippen LogP contribution >= 0.6 is 0 Å². The summed E-state index contributed by atoms with van der Waals surface area (Å²) in [5.41, 5.74) is 0. The highest BCUT2D eigenvalue weighted by molar-refractivity contribution is 5.91. The first-order chi connectivity index (χ1) is 15.7. The maximum atomic E-state index is 12.2. The average Bonchev–Trinajstić information content (AvgIpc) is 2.77. The maximum Gasteiger partial charge on any atom is 0.225 e. The van der Waals surface area contributed by atoms with Crippen LogP contribution in [0.15, 0.2) is 18.2 Å². The Labute approximate surface area is 196 Å². The molecule has 0 saturated carbocycles. The third kappa shape index (κ3) is 15.8. The first-order valence-electron chi connectivity index (χ1n) is 13.2. The van der Waals surface area contributed by atoms with Gasteiger partial charge in [0, 0.05) is 12.8 Å². The Kier molecular flexibility index (Phi) is 17.4. The zero-order chi connectivity index (χ0) is 23.3. The number of hydrogen-bond donors (Lipinski definition) is 2. The molecule has 0 aliphatic heterocycles. The predicted molar refractivity (Wildman–Crippen MR) is 136 cm³/mol. The quantitative estimate of drug-likeness (QED) is 0.200. The van der Waals surface area contributed by atoms with E-state index in [2.05, 4.69) is 29.5 Å². The second-order valence-corrected chi connectivity index (χ2v) is 8.95. The highest BCUT2D eigenvalue weighted by Gasteiger charge is 2.07. The Morgan fingerprint density at radius 1 is 0.594 bits per heavy atom. The van der Waals surface area contributed by atoms with Crippen molar-refractivity contribution >= 4 is 23.5 Å². The van der Waals surface area contributed by atoms with Gasteiger partial charge in [0.05, 0.1) is 0 Å². The van der Waals surface area contributed by atoms with Crippen molar-refractivity contribution in [3.8, 4) is 0 Å². The molecular weight excluding hydrogens is 398 g/mol. The topological polar surface area (TPSA) is 71.1 Å². The summed E-state index contributed by atoms with van der Waals surface area (Å²) in [6, 6.07) is 5.34. The van der Waals surface area contributed by atoms with Crippen molar-refractivity contribution in [1.29, 1.82) is 0 Å². The molecule has 0 aromatic carbocycles. The molecule has 0 fully saturated rings. The van der Waals surface area contributed by atoms with Crippen LogP contribution in [0.25, 0.3) is 0 Å². The summed E-state index contributed by atoms with van der Waals surface area (Å²) >= 11 is 0. The number of unbranched alkanes of at least 4 members (excludes halogenated alkanes) is 14. The van der Waals surface area contributed by atoms with E-state index in [1.54, 1.807) is 12.1 Å². The van der Waals surface area contributed by atoms with Gasteiger partial charge in [0.1, 0.15) is 11.6 Å². The Balaban J connectivity index is 2.16. The molecule has 0 spiro atoms. The van der Waals surface area contributed by atoms with Crippen molar-refractivity contribution in [3.63, 3.8) is 0 Å². The van der Waals surface area contributed by atoms with Gasteiger partial charge < -0.3 is 10.6 Å². The number of carbonyl (C=O) groups excluding carboxylic acids is 2. The Bertz CT molecular complexity index is 569. The molecule has 2 N–H and O–H groups in total. The highest BCUT2D eigenvalue weighted by atomic mass is 16.2. The van der Waals surface area contributed by atoms with Crippen molar-refractivity contribution in [2.45, 2.75) is 129 Å². The molecule has 0 unspecified atom stereocenters. The van der Waals surface area contributed by atoms with Crippen LogP contribution in [0.1, 0.15) is 129 Å². The molecule has 182 valence electrons. The van der Waals surface area contributed by atoms with Crippen LogP contribution in [0.5, 0.6) is 0 Å². The van der Waals surface area contributed by atoms with Gasteiger partial charge in [-0.3, -0.25) is 9.59 Å². The summed E-state index contributed by atoms with van der Waals surface area (Å²) in [4.78, 5) is 28.7. The lowest BCUT2D eigenvalue weighted by molar-refractivity contribution is -0.117. The van der Waals surface area contributed by atoms with Crippen LogP contribution in [0.3, 0.4) is 0 Å². The minimum Gasteiger partial charge on any atom is -0.311 e. The fourth-order valence-electron chi connectivity index (χ4n) is 3.82. The lowest BCUT2D eigenvalue weighted by Crippen LogP contribution is -2.15. The fourth-order valence-corrected chi connectivity index (χ4v) is 3.82. The van der Waals surface area contributed by atoms with Crippen molar-refractivity contribution in [2.75, 3.05) is 10.6 Å². The van der Waals surface area contributed by atoms with Crippen molar-refractivity contribution in [3.05, 3.63) is 18.2 Å². The number of rotatable bonds is 20. The lowest BCUT2D eigenvalue weighted by Gasteiger charge is -2.08. The number of pyridine rings is 1.